The molecule has 0 bridgehead atoms. The van der Waals surface area contributed by atoms with Crippen molar-refractivity contribution in [2.75, 3.05) is 11.6 Å². The lowest BCUT2D eigenvalue weighted by atomic mass is 10.0. The average Bonchev–Trinajstić information content (AvgIpc) is 2.72. The summed E-state index contributed by atoms with van der Waals surface area (Å²) in [5, 5.41) is 1.07. The van der Waals surface area contributed by atoms with Crippen LogP contribution in [-0.4, -0.2) is 12.5 Å². The van der Waals surface area contributed by atoms with E-state index in [1.165, 1.54) is 11.6 Å². The number of rotatable bonds is 4. The zero-order valence-electron chi connectivity index (χ0n) is 15.9. The summed E-state index contributed by atoms with van der Waals surface area (Å²) in [6.07, 6.45) is 3.23. The molecule has 0 aliphatic carbocycles. The summed E-state index contributed by atoms with van der Waals surface area (Å²) < 4.78 is 5.88. The van der Waals surface area contributed by atoms with Crippen molar-refractivity contribution in [3.63, 3.8) is 0 Å². The molecule has 3 aromatic carbocycles. The van der Waals surface area contributed by atoms with Crippen molar-refractivity contribution < 1.29 is 9.53 Å². The lowest BCUT2D eigenvalue weighted by molar-refractivity contribution is 0.104. The van der Waals surface area contributed by atoms with Crippen LogP contribution in [0.5, 0.6) is 5.75 Å². The van der Waals surface area contributed by atoms with Gasteiger partial charge in [0.2, 0.25) is 0 Å². The molecular weight excluding hydrogens is 405 g/mol. The third-order valence-electron chi connectivity index (χ3n) is 4.86. The first-order valence-corrected chi connectivity index (χ1v) is 10.00. The van der Waals surface area contributed by atoms with Crippen molar-refractivity contribution in [3.8, 4) is 5.75 Å². The van der Waals surface area contributed by atoms with Gasteiger partial charge in [0.15, 0.2) is 12.5 Å². The summed E-state index contributed by atoms with van der Waals surface area (Å²) in [6.45, 7) is 3.24. The van der Waals surface area contributed by atoms with E-state index in [1.54, 1.807) is 30.3 Å². The highest BCUT2D eigenvalue weighted by Crippen LogP contribution is 2.29. The molecule has 0 amide bonds. The summed E-state index contributed by atoms with van der Waals surface area (Å²) in [4.78, 5) is 14.8. The number of hydrogen-bond acceptors (Lipinski definition) is 3. The van der Waals surface area contributed by atoms with Crippen LogP contribution in [0.25, 0.3) is 6.08 Å². The molecule has 29 heavy (non-hydrogen) atoms. The second-order valence-electron chi connectivity index (χ2n) is 6.99. The summed E-state index contributed by atoms with van der Waals surface area (Å²) >= 11 is 12.1. The number of ether oxygens (including phenoxy) is 1. The number of hydrogen-bond donors (Lipinski definition) is 0. The predicted octanol–water partition coefficient (Wildman–Crippen LogP) is 6.55. The van der Waals surface area contributed by atoms with Crippen molar-refractivity contribution in [1.82, 2.24) is 0 Å². The number of ketones is 1. The monoisotopic (exact) mass is 423 g/mol. The third kappa shape index (κ3) is 4.47. The largest absolute Gasteiger partial charge is 0.473 e. The first kappa shape index (κ1) is 19.6. The molecule has 1 aliphatic heterocycles. The number of anilines is 1. The lowest BCUT2D eigenvalue weighted by Crippen LogP contribution is -2.31. The van der Waals surface area contributed by atoms with Gasteiger partial charge < -0.3 is 9.64 Å². The zero-order chi connectivity index (χ0) is 20.4. The molecule has 3 aromatic rings. The molecule has 0 radical (unpaired) electrons. The van der Waals surface area contributed by atoms with Crippen molar-refractivity contribution in [2.45, 2.75) is 13.5 Å². The first-order valence-electron chi connectivity index (χ1n) is 9.24. The number of benzene rings is 3. The fourth-order valence-corrected chi connectivity index (χ4v) is 3.69. The van der Waals surface area contributed by atoms with Gasteiger partial charge in [-0.15, -0.1) is 0 Å². The van der Waals surface area contributed by atoms with E-state index in [1.807, 2.05) is 12.1 Å². The van der Waals surface area contributed by atoms with Gasteiger partial charge in [0, 0.05) is 33.4 Å². The van der Waals surface area contributed by atoms with E-state index in [4.69, 9.17) is 27.9 Å². The Labute approximate surface area is 180 Å². The molecule has 0 N–H and O–H groups in total. The van der Waals surface area contributed by atoms with Gasteiger partial charge in [-0.3, -0.25) is 4.79 Å². The molecule has 1 aliphatic rings. The zero-order valence-corrected chi connectivity index (χ0v) is 17.4. The molecule has 1 heterocycles. The smallest absolute Gasteiger partial charge is 0.185 e. The molecule has 0 fully saturated rings. The number of carbonyl (C=O) groups is 1. The quantitative estimate of drug-likeness (QED) is 0.351. The van der Waals surface area contributed by atoms with Crippen LogP contribution in [0.2, 0.25) is 10.0 Å². The van der Waals surface area contributed by atoms with Gasteiger partial charge in [-0.1, -0.05) is 47.0 Å². The van der Waals surface area contributed by atoms with E-state index in [0.717, 1.165) is 22.6 Å². The minimum atomic E-state index is -0.0914. The van der Waals surface area contributed by atoms with Gasteiger partial charge >= 0.3 is 0 Å². The van der Waals surface area contributed by atoms with Crippen LogP contribution in [0.15, 0.2) is 66.7 Å². The molecule has 0 spiro atoms. The number of carbonyl (C=O) groups excluding carboxylic acids is 1. The number of allylic oxidation sites excluding steroid dienone is 1. The van der Waals surface area contributed by atoms with Crippen LogP contribution < -0.4 is 9.64 Å². The molecular formula is C24H19Cl2NO2. The Morgan fingerprint density at radius 3 is 2.59 bits per heavy atom. The molecule has 0 aromatic heterocycles. The standard InChI is InChI=1S/C24H19Cl2NO2/c1-16-2-8-21(9-3-16)27-14-19-12-18(6-11-24(19)29-15-27)23(28)10-5-17-4-7-20(25)13-22(17)26/h2-13H,14-15H2,1H3/b10-5+. The molecule has 0 unspecified atom stereocenters. The van der Waals surface area contributed by atoms with Gasteiger partial charge in [0.05, 0.1) is 0 Å². The highest BCUT2D eigenvalue weighted by Gasteiger charge is 2.19. The van der Waals surface area contributed by atoms with Gasteiger partial charge in [0.1, 0.15) is 5.75 Å². The number of aryl methyl sites for hydroxylation is 1. The van der Waals surface area contributed by atoms with Crippen LogP contribution in [0.4, 0.5) is 5.69 Å². The van der Waals surface area contributed by atoms with Gasteiger partial charge in [-0.05, 0) is 67.1 Å². The van der Waals surface area contributed by atoms with E-state index in [2.05, 4.69) is 36.1 Å². The van der Waals surface area contributed by atoms with E-state index >= 15 is 0 Å². The van der Waals surface area contributed by atoms with Crippen molar-refractivity contribution in [1.29, 1.82) is 0 Å². The molecule has 0 saturated carbocycles. The molecule has 146 valence electrons. The summed E-state index contributed by atoms with van der Waals surface area (Å²) in [5.41, 5.74) is 4.65. The van der Waals surface area contributed by atoms with E-state index < -0.39 is 0 Å². The normalized spacial score (nSPS) is 13.3. The fourth-order valence-electron chi connectivity index (χ4n) is 3.22. The fraction of sp³-hybridized carbons (Fsp3) is 0.125. The second-order valence-corrected chi connectivity index (χ2v) is 7.84. The average molecular weight is 424 g/mol. The highest BCUT2D eigenvalue weighted by molar-refractivity contribution is 6.35. The Morgan fingerprint density at radius 2 is 1.83 bits per heavy atom. The Kier molecular flexibility index (Phi) is 5.61. The summed E-state index contributed by atoms with van der Waals surface area (Å²) in [6, 6.07) is 19.1. The number of fused-ring (bicyclic) bond motifs is 1. The third-order valence-corrected chi connectivity index (χ3v) is 5.42. The first-order chi connectivity index (χ1) is 14.0. The predicted molar refractivity (Wildman–Crippen MR) is 119 cm³/mol. The van der Waals surface area contributed by atoms with Crippen LogP contribution >= 0.6 is 23.2 Å². The van der Waals surface area contributed by atoms with Gasteiger partial charge in [-0.25, -0.2) is 0 Å². The topological polar surface area (TPSA) is 29.5 Å². The molecule has 3 nitrogen and oxygen atoms in total. The Hall–Kier alpha value is -2.75. The van der Waals surface area contributed by atoms with Crippen LogP contribution in [0.3, 0.4) is 0 Å². The van der Waals surface area contributed by atoms with Crippen LogP contribution in [-0.2, 0) is 6.54 Å². The van der Waals surface area contributed by atoms with E-state index in [-0.39, 0.29) is 5.78 Å². The highest BCUT2D eigenvalue weighted by atomic mass is 35.5. The Balaban J connectivity index is 1.53. The van der Waals surface area contributed by atoms with E-state index in [9.17, 15) is 4.79 Å². The van der Waals surface area contributed by atoms with Crippen LogP contribution in [0.1, 0.15) is 27.0 Å². The minimum Gasteiger partial charge on any atom is -0.473 e. The van der Waals surface area contributed by atoms with Gasteiger partial charge in [-0.2, -0.15) is 0 Å². The maximum absolute atomic E-state index is 12.7. The molecule has 0 saturated heterocycles. The number of halogens is 2. The molecule has 4 rings (SSSR count). The number of nitrogens with zero attached hydrogens (tertiary/aromatic N) is 1. The van der Waals surface area contributed by atoms with Crippen LogP contribution in [0, 0.1) is 6.92 Å². The van der Waals surface area contributed by atoms with Crippen molar-refractivity contribution >= 4 is 40.7 Å². The van der Waals surface area contributed by atoms with Gasteiger partial charge in [0.25, 0.3) is 0 Å². The minimum absolute atomic E-state index is 0.0914. The molecule has 0 atom stereocenters. The Bertz CT molecular complexity index is 1090. The summed E-state index contributed by atoms with van der Waals surface area (Å²) in [5.74, 6) is 0.723. The van der Waals surface area contributed by atoms with Crippen molar-refractivity contribution in [2.24, 2.45) is 0 Å². The van der Waals surface area contributed by atoms with Crippen molar-refractivity contribution in [3.05, 3.63) is 99.0 Å². The maximum Gasteiger partial charge on any atom is 0.185 e. The SMILES string of the molecule is Cc1ccc(N2COc3ccc(C(=O)/C=C/c4ccc(Cl)cc4Cl)cc3C2)cc1. The lowest BCUT2D eigenvalue weighted by Gasteiger charge is -2.31. The van der Waals surface area contributed by atoms with E-state index in [0.29, 0.717) is 28.9 Å². The summed E-state index contributed by atoms with van der Waals surface area (Å²) in [7, 11) is 0. The molecule has 5 heteroatoms. The second kappa shape index (κ2) is 8.32. The maximum atomic E-state index is 12.7. The Morgan fingerprint density at radius 1 is 1.03 bits per heavy atom.